The molecule has 0 amide bonds. The fourth-order valence-electron chi connectivity index (χ4n) is 0.921. The van der Waals surface area contributed by atoms with E-state index in [0.29, 0.717) is 6.54 Å². The molecule has 1 aromatic heterocycles. The van der Waals surface area contributed by atoms with Crippen LogP contribution in [0.5, 0.6) is 0 Å². The van der Waals surface area contributed by atoms with Crippen LogP contribution in [-0.2, 0) is 13.6 Å². The SMILES string of the molecule is Cc1nn(C)cc1CN=C=S. The first-order valence-electron chi connectivity index (χ1n) is 3.27. The highest BCUT2D eigenvalue weighted by atomic mass is 32.1. The van der Waals surface area contributed by atoms with Crippen molar-refractivity contribution in [3.05, 3.63) is 17.5 Å². The average molecular weight is 167 g/mol. The summed E-state index contributed by atoms with van der Waals surface area (Å²) in [6.45, 7) is 2.54. The average Bonchev–Trinajstić information content (AvgIpc) is 2.26. The number of aliphatic imine (C=N–C) groups is 1. The quantitative estimate of drug-likeness (QED) is 0.491. The van der Waals surface area contributed by atoms with Crippen LogP contribution in [-0.4, -0.2) is 14.9 Å². The molecular formula is C7H9N3S. The second-order valence-corrected chi connectivity index (χ2v) is 2.50. The van der Waals surface area contributed by atoms with Gasteiger partial charge in [0, 0.05) is 18.8 Å². The number of rotatable bonds is 2. The van der Waals surface area contributed by atoms with Gasteiger partial charge in [0.1, 0.15) is 0 Å². The van der Waals surface area contributed by atoms with E-state index in [-0.39, 0.29) is 0 Å². The van der Waals surface area contributed by atoms with E-state index < -0.39 is 0 Å². The van der Waals surface area contributed by atoms with Crippen LogP contribution in [0, 0.1) is 6.92 Å². The molecule has 0 fully saturated rings. The lowest BCUT2D eigenvalue weighted by molar-refractivity contribution is 0.756. The first-order valence-corrected chi connectivity index (χ1v) is 3.67. The zero-order chi connectivity index (χ0) is 8.27. The largest absolute Gasteiger partial charge is 0.275 e. The maximum Gasteiger partial charge on any atom is 0.0776 e. The van der Waals surface area contributed by atoms with E-state index in [2.05, 4.69) is 27.5 Å². The zero-order valence-corrected chi connectivity index (χ0v) is 7.35. The highest BCUT2D eigenvalue weighted by molar-refractivity contribution is 7.78. The van der Waals surface area contributed by atoms with Crippen LogP contribution in [0.1, 0.15) is 11.3 Å². The maximum absolute atomic E-state index is 4.46. The molecule has 1 aromatic rings. The number of hydrogen-bond acceptors (Lipinski definition) is 3. The molecule has 0 spiro atoms. The Balaban J connectivity index is 2.85. The molecule has 0 aliphatic carbocycles. The van der Waals surface area contributed by atoms with Gasteiger partial charge in [0.15, 0.2) is 0 Å². The van der Waals surface area contributed by atoms with Crippen LogP contribution in [0.3, 0.4) is 0 Å². The summed E-state index contributed by atoms with van der Waals surface area (Å²) >= 11 is 4.46. The standard InChI is InChI=1S/C7H9N3S/c1-6-7(3-8-5-11)4-10(2)9-6/h4H,3H2,1-2H3. The van der Waals surface area contributed by atoms with Crippen molar-refractivity contribution >= 4 is 17.4 Å². The van der Waals surface area contributed by atoms with Crippen LogP contribution in [0.25, 0.3) is 0 Å². The molecule has 0 aromatic carbocycles. The first-order chi connectivity index (χ1) is 5.24. The normalized spacial score (nSPS) is 9.27. The number of nitrogens with zero attached hydrogens (tertiary/aromatic N) is 3. The molecule has 1 rings (SSSR count). The van der Waals surface area contributed by atoms with E-state index in [1.165, 1.54) is 0 Å². The van der Waals surface area contributed by atoms with Gasteiger partial charge in [-0.15, -0.1) is 0 Å². The van der Waals surface area contributed by atoms with Gasteiger partial charge in [0.05, 0.1) is 17.4 Å². The van der Waals surface area contributed by atoms with Crippen molar-refractivity contribution < 1.29 is 0 Å². The second kappa shape index (κ2) is 3.42. The van der Waals surface area contributed by atoms with Gasteiger partial charge in [-0.2, -0.15) is 5.10 Å². The van der Waals surface area contributed by atoms with Crippen molar-refractivity contribution in [2.45, 2.75) is 13.5 Å². The predicted octanol–water partition coefficient (Wildman–Crippen LogP) is 1.33. The molecule has 58 valence electrons. The molecule has 4 heteroatoms. The van der Waals surface area contributed by atoms with Crippen LogP contribution < -0.4 is 0 Å². The predicted molar refractivity (Wildman–Crippen MR) is 46.7 cm³/mol. The second-order valence-electron chi connectivity index (χ2n) is 2.32. The summed E-state index contributed by atoms with van der Waals surface area (Å²) in [6.07, 6.45) is 1.94. The van der Waals surface area contributed by atoms with Crippen molar-refractivity contribution in [2.75, 3.05) is 0 Å². The van der Waals surface area contributed by atoms with E-state index in [1.54, 1.807) is 4.68 Å². The first kappa shape index (κ1) is 8.11. The van der Waals surface area contributed by atoms with Crippen LogP contribution >= 0.6 is 12.2 Å². The Hall–Kier alpha value is -0.990. The molecule has 0 aliphatic heterocycles. The summed E-state index contributed by atoms with van der Waals surface area (Å²) < 4.78 is 1.77. The third kappa shape index (κ3) is 1.97. The van der Waals surface area contributed by atoms with Gasteiger partial charge < -0.3 is 0 Å². The Morgan fingerprint density at radius 2 is 2.55 bits per heavy atom. The molecule has 3 nitrogen and oxygen atoms in total. The fourth-order valence-corrected chi connectivity index (χ4v) is 0.986. The minimum atomic E-state index is 0.586. The summed E-state index contributed by atoms with van der Waals surface area (Å²) in [5.74, 6) is 0. The molecular weight excluding hydrogens is 158 g/mol. The summed E-state index contributed by atoms with van der Waals surface area (Å²) in [6, 6.07) is 0. The molecule has 0 saturated carbocycles. The van der Waals surface area contributed by atoms with E-state index in [9.17, 15) is 0 Å². The Labute approximate surface area is 70.8 Å². The molecule has 0 bridgehead atoms. The van der Waals surface area contributed by atoms with E-state index in [1.807, 2.05) is 20.2 Å². The number of isothiocyanates is 1. The summed E-state index contributed by atoms with van der Waals surface area (Å²) in [7, 11) is 1.89. The molecule has 11 heavy (non-hydrogen) atoms. The van der Waals surface area contributed by atoms with Gasteiger partial charge in [-0.05, 0) is 19.1 Å². The lowest BCUT2D eigenvalue weighted by atomic mass is 10.3. The monoisotopic (exact) mass is 167 g/mol. The van der Waals surface area contributed by atoms with Gasteiger partial charge in [0.2, 0.25) is 0 Å². The van der Waals surface area contributed by atoms with E-state index >= 15 is 0 Å². The van der Waals surface area contributed by atoms with Gasteiger partial charge in [-0.3, -0.25) is 4.68 Å². The molecule has 1 heterocycles. The van der Waals surface area contributed by atoms with Crippen molar-refractivity contribution in [3.8, 4) is 0 Å². The minimum Gasteiger partial charge on any atom is -0.275 e. The number of aryl methyl sites for hydroxylation is 2. The molecule has 0 radical (unpaired) electrons. The number of thiocarbonyl (C=S) groups is 1. The Bertz CT molecular complexity index is 297. The van der Waals surface area contributed by atoms with E-state index in [0.717, 1.165) is 11.3 Å². The number of aromatic nitrogens is 2. The molecule has 0 saturated heterocycles. The highest BCUT2D eigenvalue weighted by Gasteiger charge is 1.99. The third-order valence-corrected chi connectivity index (χ3v) is 1.56. The highest BCUT2D eigenvalue weighted by Crippen LogP contribution is 2.04. The third-order valence-electron chi connectivity index (χ3n) is 1.43. The van der Waals surface area contributed by atoms with Crippen molar-refractivity contribution in [1.82, 2.24) is 9.78 Å². The maximum atomic E-state index is 4.46. The van der Waals surface area contributed by atoms with Crippen molar-refractivity contribution in [3.63, 3.8) is 0 Å². The Morgan fingerprint density at radius 1 is 1.82 bits per heavy atom. The Morgan fingerprint density at radius 3 is 3.00 bits per heavy atom. The van der Waals surface area contributed by atoms with Crippen LogP contribution in [0.4, 0.5) is 0 Å². The molecule has 0 atom stereocenters. The summed E-state index contributed by atoms with van der Waals surface area (Å²) in [5.41, 5.74) is 2.10. The van der Waals surface area contributed by atoms with Gasteiger partial charge >= 0.3 is 0 Å². The minimum absolute atomic E-state index is 0.586. The zero-order valence-electron chi connectivity index (χ0n) is 6.53. The van der Waals surface area contributed by atoms with Gasteiger partial charge in [-0.1, -0.05) is 0 Å². The lowest BCUT2D eigenvalue weighted by Crippen LogP contribution is -1.86. The Kier molecular flexibility index (Phi) is 2.52. The van der Waals surface area contributed by atoms with Gasteiger partial charge in [0.25, 0.3) is 0 Å². The topological polar surface area (TPSA) is 30.2 Å². The summed E-state index contributed by atoms with van der Waals surface area (Å²) in [5, 5.41) is 6.48. The lowest BCUT2D eigenvalue weighted by Gasteiger charge is -1.86. The van der Waals surface area contributed by atoms with Crippen molar-refractivity contribution in [2.24, 2.45) is 12.0 Å². The molecule has 0 N–H and O–H groups in total. The fraction of sp³-hybridized carbons (Fsp3) is 0.429. The summed E-state index contributed by atoms with van der Waals surface area (Å²) in [4.78, 5) is 3.83. The van der Waals surface area contributed by atoms with Gasteiger partial charge in [-0.25, -0.2) is 4.99 Å². The van der Waals surface area contributed by atoms with E-state index in [4.69, 9.17) is 0 Å². The van der Waals surface area contributed by atoms with Crippen LogP contribution in [0.2, 0.25) is 0 Å². The smallest absolute Gasteiger partial charge is 0.0776 e. The van der Waals surface area contributed by atoms with Crippen LogP contribution in [0.15, 0.2) is 11.2 Å². The molecule has 0 unspecified atom stereocenters. The van der Waals surface area contributed by atoms with Crippen molar-refractivity contribution in [1.29, 1.82) is 0 Å². The molecule has 0 aliphatic rings. The number of hydrogen-bond donors (Lipinski definition) is 0.